The van der Waals surface area contributed by atoms with Crippen molar-refractivity contribution in [2.75, 3.05) is 0 Å². The second-order valence-corrected chi connectivity index (χ2v) is 5.10. The number of aromatic nitrogens is 1. The summed E-state index contributed by atoms with van der Waals surface area (Å²) >= 11 is 0. The Hall–Kier alpha value is -2.14. The number of amides is 1. The molecule has 5 heteroatoms. The minimum absolute atomic E-state index is 0.181. The molecule has 2 rings (SSSR count). The first kappa shape index (κ1) is 15.3. The number of aliphatic hydroxyl groups excluding tert-OH is 1. The lowest BCUT2D eigenvalue weighted by atomic mass is 10.0. The number of nitrogens with zero attached hydrogens (tertiary/aromatic N) is 1. The van der Waals surface area contributed by atoms with Crippen molar-refractivity contribution < 1.29 is 14.3 Å². The first-order valence-electron chi connectivity index (χ1n) is 6.85. The van der Waals surface area contributed by atoms with E-state index in [9.17, 15) is 14.3 Å². The molecule has 1 heterocycles. The largest absolute Gasteiger partial charge is 0.386 e. The lowest BCUT2D eigenvalue weighted by Gasteiger charge is -2.23. The van der Waals surface area contributed by atoms with E-state index < -0.39 is 12.1 Å². The number of benzene rings is 1. The van der Waals surface area contributed by atoms with E-state index in [0.29, 0.717) is 5.56 Å². The Morgan fingerprint density at radius 1 is 1.19 bits per heavy atom. The molecule has 1 aromatic heterocycles. The smallest absolute Gasteiger partial charge is 0.243 e. The highest BCUT2D eigenvalue weighted by Crippen LogP contribution is 2.18. The van der Waals surface area contributed by atoms with Crippen molar-refractivity contribution in [2.45, 2.75) is 32.0 Å². The van der Waals surface area contributed by atoms with Crippen molar-refractivity contribution in [1.29, 1.82) is 0 Å². The van der Waals surface area contributed by atoms with E-state index >= 15 is 0 Å². The normalized spacial score (nSPS) is 15.2. The molecular weight excluding hydrogens is 271 g/mol. The topological polar surface area (TPSA) is 54.3 Å². The van der Waals surface area contributed by atoms with Crippen LogP contribution in [0.4, 0.5) is 4.39 Å². The van der Waals surface area contributed by atoms with Gasteiger partial charge < -0.3 is 15.0 Å². The van der Waals surface area contributed by atoms with Gasteiger partial charge in [0.25, 0.3) is 0 Å². The van der Waals surface area contributed by atoms with E-state index in [1.807, 2.05) is 24.5 Å². The molecule has 2 aromatic rings. The summed E-state index contributed by atoms with van der Waals surface area (Å²) in [6, 6.07) is 8.46. The zero-order chi connectivity index (χ0) is 15.4. The maximum absolute atomic E-state index is 12.9. The molecule has 0 saturated heterocycles. The van der Waals surface area contributed by atoms with Crippen LogP contribution >= 0.6 is 0 Å². The fourth-order valence-electron chi connectivity index (χ4n) is 2.11. The van der Waals surface area contributed by atoms with E-state index in [4.69, 9.17) is 0 Å². The number of nitrogens with one attached hydrogen (secondary N) is 1. The average Bonchev–Trinajstić information content (AvgIpc) is 3.00. The van der Waals surface area contributed by atoms with Crippen LogP contribution in [-0.4, -0.2) is 21.6 Å². The highest BCUT2D eigenvalue weighted by Gasteiger charge is 2.21. The molecule has 2 N–H and O–H groups in total. The lowest BCUT2D eigenvalue weighted by molar-refractivity contribution is -0.125. The molecule has 3 atom stereocenters. The molecule has 0 fully saturated rings. The Balaban J connectivity index is 1.98. The molecule has 0 radical (unpaired) electrons. The van der Waals surface area contributed by atoms with Gasteiger partial charge in [0.05, 0.1) is 12.1 Å². The van der Waals surface area contributed by atoms with Crippen LogP contribution in [0.5, 0.6) is 0 Å². The quantitative estimate of drug-likeness (QED) is 0.888. The zero-order valence-electron chi connectivity index (χ0n) is 12.0. The molecule has 21 heavy (non-hydrogen) atoms. The molecule has 112 valence electrons. The van der Waals surface area contributed by atoms with E-state index in [2.05, 4.69) is 5.32 Å². The predicted octanol–water partition coefficient (Wildman–Crippen LogP) is 2.43. The first-order valence-corrected chi connectivity index (χ1v) is 6.85. The van der Waals surface area contributed by atoms with Gasteiger partial charge in [-0.3, -0.25) is 4.79 Å². The summed E-state index contributed by atoms with van der Waals surface area (Å²) in [4.78, 5) is 12.1. The minimum atomic E-state index is -0.883. The van der Waals surface area contributed by atoms with Crippen LogP contribution in [0.3, 0.4) is 0 Å². The lowest BCUT2D eigenvalue weighted by Crippen LogP contribution is -2.40. The summed E-state index contributed by atoms with van der Waals surface area (Å²) in [5, 5.41) is 13.0. The second-order valence-electron chi connectivity index (χ2n) is 5.10. The van der Waals surface area contributed by atoms with Crippen LogP contribution in [0, 0.1) is 5.82 Å². The Morgan fingerprint density at radius 3 is 2.33 bits per heavy atom. The number of halogens is 1. The van der Waals surface area contributed by atoms with E-state index in [1.54, 1.807) is 18.4 Å². The van der Waals surface area contributed by atoms with Gasteiger partial charge in [-0.2, -0.15) is 0 Å². The molecule has 0 saturated carbocycles. The van der Waals surface area contributed by atoms with Crippen molar-refractivity contribution in [3.05, 3.63) is 60.2 Å². The Kier molecular flexibility index (Phi) is 4.75. The Morgan fingerprint density at radius 2 is 1.76 bits per heavy atom. The number of rotatable bonds is 5. The third-order valence-electron chi connectivity index (χ3n) is 3.51. The van der Waals surface area contributed by atoms with Crippen LogP contribution in [-0.2, 0) is 4.79 Å². The van der Waals surface area contributed by atoms with Gasteiger partial charge >= 0.3 is 0 Å². The van der Waals surface area contributed by atoms with Gasteiger partial charge in [0.2, 0.25) is 5.91 Å². The highest BCUT2D eigenvalue weighted by molar-refractivity contribution is 5.80. The Labute approximate surface area is 123 Å². The van der Waals surface area contributed by atoms with Gasteiger partial charge in [-0.15, -0.1) is 0 Å². The van der Waals surface area contributed by atoms with Crippen LogP contribution < -0.4 is 5.32 Å². The second kappa shape index (κ2) is 6.54. The highest BCUT2D eigenvalue weighted by atomic mass is 19.1. The third-order valence-corrected chi connectivity index (χ3v) is 3.51. The summed E-state index contributed by atoms with van der Waals surface area (Å²) < 4.78 is 14.7. The number of carbonyl (C=O) groups is 1. The third kappa shape index (κ3) is 3.70. The zero-order valence-corrected chi connectivity index (χ0v) is 12.0. The SMILES string of the molecule is C[C@H](NC(=O)[C@@H](C)n1cccc1)[C@H](O)c1ccc(F)cc1. The number of hydrogen-bond donors (Lipinski definition) is 2. The van der Waals surface area contributed by atoms with Crippen molar-refractivity contribution in [3.63, 3.8) is 0 Å². The molecule has 1 amide bonds. The van der Waals surface area contributed by atoms with Gasteiger partial charge in [0, 0.05) is 12.4 Å². The van der Waals surface area contributed by atoms with Crippen LogP contribution in [0.25, 0.3) is 0 Å². The number of hydrogen-bond acceptors (Lipinski definition) is 2. The summed E-state index contributed by atoms with van der Waals surface area (Å²) in [6.45, 7) is 3.50. The van der Waals surface area contributed by atoms with E-state index in [0.717, 1.165) is 0 Å². The number of carbonyl (C=O) groups excluding carboxylic acids is 1. The molecule has 0 bridgehead atoms. The summed E-state index contributed by atoms with van der Waals surface area (Å²) in [6.07, 6.45) is 2.74. The molecular formula is C16H19FN2O2. The van der Waals surface area contributed by atoms with Crippen LogP contribution in [0.1, 0.15) is 31.6 Å². The number of aliphatic hydroxyl groups is 1. The summed E-state index contributed by atoms with van der Waals surface area (Å²) in [5.74, 6) is -0.538. The fourth-order valence-corrected chi connectivity index (χ4v) is 2.11. The molecule has 0 unspecified atom stereocenters. The van der Waals surface area contributed by atoms with Gasteiger partial charge in [-0.05, 0) is 43.7 Å². The van der Waals surface area contributed by atoms with E-state index in [1.165, 1.54) is 24.3 Å². The van der Waals surface area contributed by atoms with Crippen molar-refractivity contribution >= 4 is 5.91 Å². The predicted molar refractivity (Wildman–Crippen MR) is 78.1 cm³/mol. The molecule has 0 aliphatic carbocycles. The molecule has 1 aromatic carbocycles. The minimum Gasteiger partial charge on any atom is -0.386 e. The molecule has 4 nitrogen and oxygen atoms in total. The van der Waals surface area contributed by atoms with Crippen LogP contribution in [0.15, 0.2) is 48.8 Å². The maximum atomic E-state index is 12.9. The van der Waals surface area contributed by atoms with Crippen molar-refractivity contribution in [2.24, 2.45) is 0 Å². The summed E-state index contributed by atoms with van der Waals surface area (Å²) in [7, 11) is 0. The average molecular weight is 290 g/mol. The fraction of sp³-hybridized carbons (Fsp3) is 0.312. The van der Waals surface area contributed by atoms with Crippen molar-refractivity contribution in [3.8, 4) is 0 Å². The van der Waals surface area contributed by atoms with Gasteiger partial charge in [-0.25, -0.2) is 4.39 Å². The van der Waals surface area contributed by atoms with Gasteiger partial charge in [-0.1, -0.05) is 12.1 Å². The first-order chi connectivity index (χ1) is 9.99. The van der Waals surface area contributed by atoms with Gasteiger partial charge in [0.15, 0.2) is 0 Å². The molecule has 0 aliphatic heterocycles. The van der Waals surface area contributed by atoms with E-state index in [-0.39, 0.29) is 17.8 Å². The van der Waals surface area contributed by atoms with Crippen molar-refractivity contribution in [1.82, 2.24) is 9.88 Å². The summed E-state index contributed by atoms with van der Waals surface area (Å²) in [5.41, 5.74) is 0.567. The monoisotopic (exact) mass is 290 g/mol. The molecule has 0 aliphatic rings. The Bertz CT molecular complexity index is 581. The van der Waals surface area contributed by atoms with Crippen LogP contribution in [0.2, 0.25) is 0 Å². The molecule has 0 spiro atoms. The standard InChI is InChI=1S/C16H19FN2O2/c1-11(15(20)13-5-7-14(17)8-6-13)18-16(21)12(2)19-9-3-4-10-19/h3-12,15,20H,1-2H3,(H,18,21)/t11-,12+,15-/m0/s1. The van der Waals surface area contributed by atoms with Gasteiger partial charge in [0.1, 0.15) is 11.9 Å². The maximum Gasteiger partial charge on any atom is 0.243 e.